The first-order chi connectivity index (χ1) is 10.0. The zero-order chi connectivity index (χ0) is 15.4. The molecular weight excluding hydrogens is 268 g/mol. The van der Waals surface area contributed by atoms with Crippen LogP contribution in [0.2, 0.25) is 0 Å². The van der Waals surface area contributed by atoms with Gasteiger partial charge in [-0.1, -0.05) is 37.3 Å². The van der Waals surface area contributed by atoms with Crippen LogP contribution in [-0.4, -0.2) is 34.1 Å². The van der Waals surface area contributed by atoms with Crippen LogP contribution < -0.4 is 5.32 Å². The summed E-state index contributed by atoms with van der Waals surface area (Å²) in [5.41, 5.74) is 0.582. The molecule has 1 heterocycles. The van der Waals surface area contributed by atoms with Gasteiger partial charge in [-0.15, -0.1) is 0 Å². The minimum atomic E-state index is -1.05. The van der Waals surface area contributed by atoms with Gasteiger partial charge in [0.2, 0.25) is 0 Å². The van der Waals surface area contributed by atoms with Gasteiger partial charge >= 0.3 is 12.0 Å². The van der Waals surface area contributed by atoms with E-state index in [-0.39, 0.29) is 18.1 Å². The predicted molar refractivity (Wildman–Crippen MR) is 80.0 cm³/mol. The lowest BCUT2D eigenvalue weighted by atomic mass is 10.1. The van der Waals surface area contributed by atoms with E-state index in [9.17, 15) is 14.7 Å². The van der Waals surface area contributed by atoms with Crippen molar-refractivity contribution in [3.05, 3.63) is 35.9 Å². The Bertz CT molecular complexity index is 504. The monoisotopic (exact) mass is 290 g/mol. The molecule has 0 radical (unpaired) electrons. The highest BCUT2D eigenvalue weighted by molar-refractivity contribution is 5.84. The molecule has 2 N–H and O–H groups in total. The molecule has 5 nitrogen and oxygen atoms in total. The molecular formula is C16H22N2O3. The number of carbonyl (C=O) groups excluding carboxylic acids is 1. The zero-order valence-corrected chi connectivity index (χ0v) is 12.5. The predicted octanol–water partition coefficient (Wildman–Crippen LogP) is 2.78. The molecule has 1 aromatic carbocycles. The Morgan fingerprint density at radius 3 is 2.57 bits per heavy atom. The molecule has 21 heavy (non-hydrogen) atoms. The molecule has 0 aromatic heterocycles. The van der Waals surface area contributed by atoms with Crippen molar-refractivity contribution in [1.82, 2.24) is 10.2 Å². The van der Waals surface area contributed by atoms with E-state index in [1.807, 2.05) is 13.0 Å². The largest absolute Gasteiger partial charge is 0.479 e. The number of nitrogens with zero attached hydrogens (tertiary/aromatic N) is 1. The van der Waals surface area contributed by atoms with Gasteiger partial charge in [-0.2, -0.15) is 0 Å². The van der Waals surface area contributed by atoms with E-state index in [1.54, 1.807) is 29.2 Å². The summed E-state index contributed by atoms with van der Waals surface area (Å²) in [4.78, 5) is 25.7. The standard InChI is InChI=1S/C16H22N2O3/c1-3-13-10-9-11(2)18(13)16(21)17-14(15(19)20)12-7-5-4-6-8-12/h4-8,11,13-14H,3,9-10H2,1-2H3,(H,17,21)(H,19,20)/t11?,13?,14-/m0/s1. The van der Waals surface area contributed by atoms with Crippen LogP contribution in [0.3, 0.4) is 0 Å². The molecule has 1 fully saturated rings. The van der Waals surface area contributed by atoms with Crippen molar-refractivity contribution in [2.75, 3.05) is 0 Å². The SMILES string of the molecule is CCC1CCC(C)N1C(=O)N[C@H](C(=O)O)c1ccccc1. The number of amides is 2. The lowest BCUT2D eigenvalue weighted by Crippen LogP contribution is -2.48. The number of likely N-dealkylation sites (tertiary alicyclic amines) is 1. The number of benzene rings is 1. The summed E-state index contributed by atoms with van der Waals surface area (Å²) < 4.78 is 0. The van der Waals surface area contributed by atoms with Crippen molar-refractivity contribution in [3.8, 4) is 0 Å². The van der Waals surface area contributed by atoms with Crippen molar-refractivity contribution in [3.63, 3.8) is 0 Å². The van der Waals surface area contributed by atoms with Crippen LogP contribution in [0.5, 0.6) is 0 Å². The van der Waals surface area contributed by atoms with E-state index < -0.39 is 12.0 Å². The highest BCUT2D eigenvalue weighted by atomic mass is 16.4. The maximum atomic E-state index is 12.5. The third-order valence-electron chi connectivity index (χ3n) is 4.14. The number of nitrogens with one attached hydrogen (secondary N) is 1. The molecule has 2 unspecified atom stereocenters. The summed E-state index contributed by atoms with van der Waals surface area (Å²) in [5, 5.41) is 12.0. The average Bonchev–Trinajstić information content (AvgIpc) is 2.86. The molecule has 1 aliphatic rings. The van der Waals surface area contributed by atoms with Gasteiger partial charge in [-0.3, -0.25) is 0 Å². The van der Waals surface area contributed by atoms with Crippen LogP contribution in [0.15, 0.2) is 30.3 Å². The Hall–Kier alpha value is -2.04. The fourth-order valence-corrected chi connectivity index (χ4v) is 2.97. The lowest BCUT2D eigenvalue weighted by Gasteiger charge is -2.29. The maximum Gasteiger partial charge on any atom is 0.330 e. The van der Waals surface area contributed by atoms with E-state index >= 15 is 0 Å². The number of carboxylic acid groups (broad SMARTS) is 1. The molecule has 3 atom stereocenters. The fraction of sp³-hybridized carbons (Fsp3) is 0.500. The number of rotatable bonds is 4. The van der Waals surface area contributed by atoms with Gasteiger partial charge in [0, 0.05) is 12.1 Å². The molecule has 0 spiro atoms. The summed E-state index contributed by atoms with van der Waals surface area (Å²) >= 11 is 0. The average molecular weight is 290 g/mol. The van der Waals surface area contributed by atoms with Gasteiger partial charge in [0.05, 0.1) is 0 Å². The Balaban J connectivity index is 2.14. The first kappa shape index (κ1) is 15.4. The van der Waals surface area contributed by atoms with Gasteiger partial charge < -0.3 is 15.3 Å². The molecule has 1 aromatic rings. The summed E-state index contributed by atoms with van der Waals surface area (Å²) in [5.74, 6) is -1.05. The van der Waals surface area contributed by atoms with Crippen LogP contribution in [0.4, 0.5) is 4.79 Å². The van der Waals surface area contributed by atoms with E-state index in [1.165, 1.54) is 0 Å². The summed E-state index contributed by atoms with van der Waals surface area (Å²) in [7, 11) is 0. The normalized spacial score (nSPS) is 22.9. The number of urea groups is 1. The molecule has 0 aliphatic carbocycles. The van der Waals surface area contributed by atoms with Gasteiger partial charge in [0.15, 0.2) is 6.04 Å². The van der Waals surface area contributed by atoms with E-state index in [0.29, 0.717) is 5.56 Å². The number of carbonyl (C=O) groups is 2. The molecule has 0 bridgehead atoms. The summed E-state index contributed by atoms with van der Waals surface area (Å²) in [6.07, 6.45) is 2.84. The smallest absolute Gasteiger partial charge is 0.330 e. The molecule has 0 saturated carbocycles. The summed E-state index contributed by atoms with van der Waals surface area (Å²) in [6.45, 7) is 4.06. The number of aliphatic carboxylic acids is 1. The quantitative estimate of drug-likeness (QED) is 0.896. The molecule has 2 rings (SSSR count). The number of hydrogen-bond acceptors (Lipinski definition) is 2. The number of hydrogen-bond donors (Lipinski definition) is 2. The second-order valence-electron chi connectivity index (χ2n) is 5.53. The third kappa shape index (κ3) is 3.35. The van der Waals surface area contributed by atoms with Crippen LogP contribution in [0.25, 0.3) is 0 Å². The Kier molecular flexibility index (Phi) is 4.83. The zero-order valence-electron chi connectivity index (χ0n) is 12.5. The third-order valence-corrected chi connectivity index (χ3v) is 4.14. The second kappa shape index (κ2) is 6.61. The molecule has 114 valence electrons. The van der Waals surface area contributed by atoms with Gasteiger partial charge in [0.25, 0.3) is 0 Å². The van der Waals surface area contributed by atoms with E-state index in [4.69, 9.17) is 0 Å². The van der Waals surface area contributed by atoms with Gasteiger partial charge in [-0.05, 0) is 31.7 Å². The van der Waals surface area contributed by atoms with Gasteiger partial charge in [-0.25, -0.2) is 9.59 Å². The lowest BCUT2D eigenvalue weighted by molar-refractivity contribution is -0.139. The maximum absolute atomic E-state index is 12.5. The molecule has 1 aliphatic heterocycles. The summed E-state index contributed by atoms with van der Waals surface area (Å²) in [6, 6.07) is 7.83. The highest BCUT2D eigenvalue weighted by Gasteiger charge is 2.35. The topological polar surface area (TPSA) is 69.6 Å². The molecule has 5 heteroatoms. The minimum Gasteiger partial charge on any atom is -0.479 e. The van der Waals surface area contributed by atoms with Crippen LogP contribution >= 0.6 is 0 Å². The number of carboxylic acids is 1. The Labute approximate surface area is 125 Å². The minimum absolute atomic E-state index is 0.153. The first-order valence-corrected chi connectivity index (χ1v) is 7.41. The van der Waals surface area contributed by atoms with Crippen molar-refractivity contribution in [1.29, 1.82) is 0 Å². The molecule has 2 amide bonds. The Morgan fingerprint density at radius 2 is 2.00 bits per heavy atom. The van der Waals surface area contributed by atoms with Crippen LogP contribution in [0.1, 0.15) is 44.7 Å². The Morgan fingerprint density at radius 1 is 1.33 bits per heavy atom. The fourth-order valence-electron chi connectivity index (χ4n) is 2.97. The van der Waals surface area contributed by atoms with Crippen LogP contribution in [-0.2, 0) is 4.79 Å². The van der Waals surface area contributed by atoms with Crippen molar-refractivity contribution < 1.29 is 14.7 Å². The first-order valence-electron chi connectivity index (χ1n) is 7.41. The van der Waals surface area contributed by atoms with Gasteiger partial charge in [0.1, 0.15) is 0 Å². The van der Waals surface area contributed by atoms with E-state index in [0.717, 1.165) is 19.3 Å². The highest BCUT2D eigenvalue weighted by Crippen LogP contribution is 2.26. The van der Waals surface area contributed by atoms with Crippen molar-refractivity contribution in [2.24, 2.45) is 0 Å². The van der Waals surface area contributed by atoms with Crippen molar-refractivity contribution in [2.45, 2.75) is 51.2 Å². The molecule has 1 saturated heterocycles. The van der Waals surface area contributed by atoms with Crippen LogP contribution in [0, 0.1) is 0 Å². The van der Waals surface area contributed by atoms with Crippen molar-refractivity contribution >= 4 is 12.0 Å². The second-order valence-corrected chi connectivity index (χ2v) is 5.53. The van der Waals surface area contributed by atoms with E-state index in [2.05, 4.69) is 12.2 Å².